The molecule has 2 rings (SSSR count). The lowest BCUT2D eigenvalue weighted by Crippen LogP contribution is -2.36. The minimum atomic E-state index is -0.904. The van der Waals surface area contributed by atoms with Gasteiger partial charge in [-0.05, 0) is 12.1 Å². The predicted octanol–water partition coefficient (Wildman–Crippen LogP) is -0.621. The number of aromatic nitrogens is 3. The molecule has 2 heterocycles. The Labute approximate surface area is 114 Å². The molecule has 1 atom stereocenters. The zero-order valence-electron chi connectivity index (χ0n) is 10.4. The number of imidazole rings is 1. The maximum atomic E-state index is 11.8. The Hall–Kier alpha value is -2.74. The average molecular weight is 275 g/mol. The van der Waals surface area contributed by atoms with Crippen LogP contribution in [0.4, 0.5) is 0 Å². The van der Waals surface area contributed by atoms with Gasteiger partial charge in [0, 0.05) is 24.5 Å². The van der Waals surface area contributed by atoms with Crippen LogP contribution in [-0.4, -0.2) is 32.9 Å². The first-order chi connectivity index (χ1) is 9.58. The number of hydrogen-bond donors (Lipinski definition) is 3. The fraction of sp³-hybridized carbons (Fsp3) is 0.167. The van der Waals surface area contributed by atoms with Gasteiger partial charge in [0.2, 0.25) is 5.88 Å². The van der Waals surface area contributed by atoms with Crippen molar-refractivity contribution in [2.45, 2.75) is 12.5 Å². The van der Waals surface area contributed by atoms with Crippen LogP contribution in [0, 0.1) is 0 Å². The second-order valence-electron chi connectivity index (χ2n) is 4.03. The van der Waals surface area contributed by atoms with E-state index in [1.54, 1.807) is 6.20 Å². The average Bonchev–Trinajstić information content (AvgIpc) is 2.91. The number of hydrogen-bond acceptors (Lipinski definition) is 6. The van der Waals surface area contributed by atoms with Crippen LogP contribution in [0.3, 0.4) is 0 Å². The van der Waals surface area contributed by atoms with Crippen LogP contribution in [0.25, 0.3) is 0 Å². The first-order valence-electron chi connectivity index (χ1n) is 5.77. The second-order valence-corrected chi connectivity index (χ2v) is 4.03. The van der Waals surface area contributed by atoms with Gasteiger partial charge in [-0.25, -0.2) is 14.8 Å². The van der Waals surface area contributed by atoms with Gasteiger partial charge in [0.15, 0.2) is 0 Å². The number of H-pyrrole nitrogens is 1. The van der Waals surface area contributed by atoms with E-state index < -0.39 is 17.9 Å². The van der Waals surface area contributed by atoms with Crippen LogP contribution in [0.15, 0.2) is 30.9 Å². The zero-order chi connectivity index (χ0) is 14.5. The molecule has 0 aliphatic heterocycles. The molecule has 1 unspecified atom stereocenters. The number of carbonyl (C=O) groups is 2. The summed E-state index contributed by atoms with van der Waals surface area (Å²) in [6.45, 7) is 0. The third-order valence-electron chi connectivity index (χ3n) is 2.53. The number of nitrogens with one attached hydrogen (secondary N) is 1. The molecule has 104 valence electrons. The van der Waals surface area contributed by atoms with Gasteiger partial charge < -0.3 is 21.2 Å². The zero-order valence-corrected chi connectivity index (χ0v) is 10.4. The fourth-order valence-electron chi connectivity index (χ4n) is 1.55. The smallest absolute Gasteiger partial charge is 0.330 e. The molecule has 0 aliphatic carbocycles. The normalized spacial score (nSPS) is 11.8. The molecule has 0 saturated heterocycles. The van der Waals surface area contributed by atoms with E-state index in [1.807, 2.05) is 0 Å². The predicted molar refractivity (Wildman–Crippen MR) is 68.7 cm³/mol. The Balaban J connectivity index is 2.06. The minimum Gasteiger partial charge on any atom is -0.405 e. The summed E-state index contributed by atoms with van der Waals surface area (Å²) >= 11 is 0. The quantitative estimate of drug-likeness (QED) is 0.622. The monoisotopic (exact) mass is 275 g/mol. The number of carbonyl (C=O) groups excluding carboxylic acids is 2. The molecule has 20 heavy (non-hydrogen) atoms. The number of ether oxygens (including phenoxy) is 1. The van der Waals surface area contributed by atoms with Crippen molar-refractivity contribution in [1.29, 1.82) is 0 Å². The highest BCUT2D eigenvalue weighted by Crippen LogP contribution is 2.14. The summed E-state index contributed by atoms with van der Waals surface area (Å²) < 4.78 is 5.01. The number of rotatable bonds is 5. The van der Waals surface area contributed by atoms with Crippen molar-refractivity contribution in [3.05, 3.63) is 42.1 Å². The minimum absolute atomic E-state index is 0.0228. The van der Waals surface area contributed by atoms with Gasteiger partial charge in [-0.3, -0.25) is 4.79 Å². The standard InChI is InChI=1S/C12H13N5O3/c13-9(4-7-5-15-6-17-7)12(19)20-11-8(10(14)18)2-1-3-16-11/h1-3,5-6,9H,4,13H2,(H2,14,18)(H,15,17). The maximum Gasteiger partial charge on any atom is 0.330 e. The van der Waals surface area contributed by atoms with E-state index in [1.165, 1.54) is 24.7 Å². The Kier molecular flexibility index (Phi) is 4.06. The fourth-order valence-corrected chi connectivity index (χ4v) is 1.55. The molecule has 5 N–H and O–H groups in total. The van der Waals surface area contributed by atoms with Crippen molar-refractivity contribution in [3.63, 3.8) is 0 Å². The molecule has 2 aromatic heterocycles. The topological polar surface area (TPSA) is 137 Å². The number of amides is 1. The second kappa shape index (κ2) is 5.93. The van der Waals surface area contributed by atoms with E-state index in [-0.39, 0.29) is 17.9 Å². The highest BCUT2D eigenvalue weighted by atomic mass is 16.5. The molecule has 0 saturated carbocycles. The largest absolute Gasteiger partial charge is 0.405 e. The maximum absolute atomic E-state index is 11.8. The van der Waals surface area contributed by atoms with Crippen LogP contribution in [0.1, 0.15) is 16.1 Å². The molecular weight excluding hydrogens is 262 g/mol. The number of nitrogens with two attached hydrogens (primary N) is 2. The summed E-state index contributed by atoms with van der Waals surface area (Å²) in [4.78, 5) is 33.5. The number of aromatic amines is 1. The number of esters is 1. The van der Waals surface area contributed by atoms with Crippen LogP contribution in [-0.2, 0) is 11.2 Å². The first kappa shape index (κ1) is 13.7. The van der Waals surface area contributed by atoms with Gasteiger partial charge in [0.25, 0.3) is 5.91 Å². The van der Waals surface area contributed by atoms with E-state index in [4.69, 9.17) is 16.2 Å². The molecule has 0 spiro atoms. The molecule has 8 nitrogen and oxygen atoms in total. The number of pyridine rings is 1. The Morgan fingerprint density at radius 2 is 2.25 bits per heavy atom. The van der Waals surface area contributed by atoms with Gasteiger partial charge in [-0.1, -0.05) is 0 Å². The lowest BCUT2D eigenvalue weighted by atomic mass is 10.2. The first-order valence-corrected chi connectivity index (χ1v) is 5.77. The molecule has 8 heteroatoms. The lowest BCUT2D eigenvalue weighted by Gasteiger charge is -2.11. The highest BCUT2D eigenvalue weighted by Gasteiger charge is 2.20. The van der Waals surface area contributed by atoms with E-state index in [0.29, 0.717) is 5.69 Å². The summed E-state index contributed by atoms with van der Waals surface area (Å²) in [5, 5.41) is 0. The van der Waals surface area contributed by atoms with Crippen molar-refractivity contribution in [2.75, 3.05) is 0 Å². The molecule has 0 radical (unpaired) electrons. The third-order valence-corrected chi connectivity index (χ3v) is 2.53. The van der Waals surface area contributed by atoms with E-state index in [2.05, 4.69) is 15.0 Å². The van der Waals surface area contributed by atoms with Crippen molar-refractivity contribution in [1.82, 2.24) is 15.0 Å². The van der Waals surface area contributed by atoms with Crippen LogP contribution in [0.2, 0.25) is 0 Å². The van der Waals surface area contributed by atoms with Crippen LogP contribution < -0.4 is 16.2 Å². The molecule has 1 amide bonds. The molecule has 0 aromatic carbocycles. The Bertz CT molecular complexity index is 611. The molecule has 2 aromatic rings. The SMILES string of the molecule is NC(=O)c1cccnc1OC(=O)C(N)Cc1cnc[nH]1. The summed E-state index contributed by atoms with van der Waals surface area (Å²) in [5.41, 5.74) is 11.6. The van der Waals surface area contributed by atoms with Crippen LogP contribution >= 0.6 is 0 Å². The number of primary amides is 1. The van der Waals surface area contributed by atoms with Gasteiger partial charge in [-0.15, -0.1) is 0 Å². The van der Waals surface area contributed by atoms with Gasteiger partial charge >= 0.3 is 5.97 Å². The summed E-state index contributed by atoms with van der Waals surface area (Å²) in [7, 11) is 0. The molecule has 0 fully saturated rings. The van der Waals surface area contributed by atoms with E-state index >= 15 is 0 Å². The van der Waals surface area contributed by atoms with E-state index in [0.717, 1.165) is 0 Å². The van der Waals surface area contributed by atoms with Crippen molar-refractivity contribution >= 4 is 11.9 Å². The number of nitrogens with zero attached hydrogens (tertiary/aromatic N) is 2. The summed E-state index contributed by atoms with van der Waals surface area (Å²) in [6, 6.07) is 2.03. The molecular formula is C12H13N5O3. The van der Waals surface area contributed by atoms with Crippen molar-refractivity contribution < 1.29 is 14.3 Å². The van der Waals surface area contributed by atoms with Crippen LogP contribution in [0.5, 0.6) is 5.88 Å². The van der Waals surface area contributed by atoms with Gasteiger partial charge in [0.05, 0.1) is 6.33 Å². The summed E-state index contributed by atoms with van der Waals surface area (Å²) in [6.07, 6.45) is 4.66. The van der Waals surface area contributed by atoms with Gasteiger partial charge in [0.1, 0.15) is 11.6 Å². The summed E-state index contributed by atoms with van der Waals surface area (Å²) in [5.74, 6) is -1.59. The van der Waals surface area contributed by atoms with Gasteiger partial charge in [-0.2, -0.15) is 0 Å². The highest BCUT2D eigenvalue weighted by molar-refractivity contribution is 5.95. The molecule has 0 bridgehead atoms. The Morgan fingerprint density at radius 3 is 2.90 bits per heavy atom. The Morgan fingerprint density at radius 1 is 1.45 bits per heavy atom. The lowest BCUT2D eigenvalue weighted by molar-refractivity contribution is -0.136. The third kappa shape index (κ3) is 3.18. The molecule has 0 aliphatic rings. The van der Waals surface area contributed by atoms with Crippen molar-refractivity contribution in [2.24, 2.45) is 11.5 Å². The van der Waals surface area contributed by atoms with Crippen molar-refractivity contribution in [3.8, 4) is 5.88 Å². The van der Waals surface area contributed by atoms with E-state index in [9.17, 15) is 9.59 Å².